The number of carboxylic acids is 1. The van der Waals surface area contributed by atoms with Gasteiger partial charge in [-0.1, -0.05) is 77.8 Å². The van der Waals surface area contributed by atoms with Crippen LogP contribution in [0.3, 0.4) is 0 Å². The largest absolute Gasteiger partial charge is 0.489 e. The third kappa shape index (κ3) is 9.67. The lowest BCUT2D eigenvalue weighted by molar-refractivity contribution is -0.143. The van der Waals surface area contributed by atoms with Crippen molar-refractivity contribution in [3.05, 3.63) is 147 Å². The molecule has 0 aliphatic carbocycles. The van der Waals surface area contributed by atoms with Gasteiger partial charge in [0, 0.05) is 32.7 Å². The van der Waals surface area contributed by atoms with Crippen LogP contribution in [0.4, 0.5) is 0 Å². The number of amides is 1. The van der Waals surface area contributed by atoms with Crippen molar-refractivity contribution in [2.24, 2.45) is 5.92 Å². The summed E-state index contributed by atoms with van der Waals surface area (Å²) in [4.78, 5) is 28.9. The van der Waals surface area contributed by atoms with Gasteiger partial charge in [0.2, 0.25) is 5.91 Å². The van der Waals surface area contributed by atoms with Crippen molar-refractivity contribution in [3.8, 4) is 34.4 Å². The molecule has 59 heavy (non-hydrogen) atoms. The number of carbonyl (C=O) groups is 2. The van der Waals surface area contributed by atoms with Gasteiger partial charge in [0.15, 0.2) is 17.6 Å². The van der Waals surface area contributed by atoms with Crippen LogP contribution in [0.25, 0.3) is 11.1 Å². The van der Waals surface area contributed by atoms with Gasteiger partial charge in [0.25, 0.3) is 0 Å². The summed E-state index contributed by atoms with van der Waals surface area (Å²) >= 11 is 12.2. The number of rotatable bonds is 12. The van der Waals surface area contributed by atoms with E-state index in [-0.39, 0.29) is 18.4 Å². The minimum absolute atomic E-state index is 0.131. The molecular formula is C47H43Cl2N3O7. The van der Waals surface area contributed by atoms with Gasteiger partial charge in [0.1, 0.15) is 25.0 Å². The fourth-order valence-electron chi connectivity index (χ4n) is 7.93. The van der Waals surface area contributed by atoms with E-state index in [0.717, 1.165) is 51.8 Å². The number of nitrogens with zero attached hydrogens (tertiary/aromatic N) is 2. The van der Waals surface area contributed by atoms with E-state index in [9.17, 15) is 14.7 Å². The van der Waals surface area contributed by atoms with Crippen molar-refractivity contribution < 1.29 is 33.6 Å². The van der Waals surface area contributed by atoms with Gasteiger partial charge in [-0.25, -0.2) is 4.79 Å². The van der Waals surface area contributed by atoms with Gasteiger partial charge in [0.05, 0.1) is 27.7 Å². The van der Waals surface area contributed by atoms with Gasteiger partial charge in [-0.05, 0) is 113 Å². The molecular weight excluding hydrogens is 789 g/mol. The molecule has 2 N–H and O–H groups in total. The van der Waals surface area contributed by atoms with E-state index in [2.05, 4.69) is 16.3 Å². The Bertz CT molecular complexity index is 2340. The average Bonchev–Trinajstić information content (AvgIpc) is 3.26. The smallest absolute Gasteiger partial charge is 0.326 e. The quantitative estimate of drug-likeness (QED) is 0.127. The number of carboxylic acid groups (broad SMARTS) is 1. The first-order chi connectivity index (χ1) is 28.7. The summed E-state index contributed by atoms with van der Waals surface area (Å²) in [5.41, 5.74) is 7.15. The summed E-state index contributed by atoms with van der Waals surface area (Å²) in [7, 11) is 0. The molecule has 10 nitrogen and oxygen atoms in total. The maximum atomic E-state index is 14.2. The lowest BCUT2D eigenvalue weighted by atomic mass is 9.90. The number of fused-ring (bicyclic) bond motifs is 2. The molecule has 0 spiro atoms. The van der Waals surface area contributed by atoms with Crippen LogP contribution in [-0.4, -0.2) is 60.3 Å². The summed E-state index contributed by atoms with van der Waals surface area (Å²) in [6.07, 6.45) is 2.00. The molecule has 8 rings (SSSR count). The van der Waals surface area contributed by atoms with E-state index in [1.54, 1.807) is 24.3 Å². The Labute approximate surface area is 353 Å². The predicted octanol–water partition coefficient (Wildman–Crippen LogP) is 8.59. The predicted molar refractivity (Wildman–Crippen MR) is 224 cm³/mol. The third-order valence-corrected chi connectivity index (χ3v) is 12.0. The number of aliphatic carboxylic acids is 1. The number of benzene rings is 5. The van der Waals surface area contributed by atoms with Crippen molar-refractivity contribution in [3.63, 3.8) is 0 Å². The minimum atomic E-state index is -1.12. The number of nitriles is 1. The Kier molecular flexibility index (Phi) is 12.4. The van der Waals surface area contributed by atoms with Gasteiger partial charge in [-0.15, -0.1) is 0 Å². The molecule has 0 saturated carbocycles. The molecule has 1 fully saturated rings. The highest BCUT2D eigenvalue weighted by Crippen LogP contribution is 2.41. The topological polar surface area (TPSA) is 130 Å². The molecule has 3 unspecified atom stereocenters. The lowest BCUT2D eigenvalue weighted by Gasteiger charge is -2.39. The Morgan fingerprint density at radius 2 is 1.56 bits per heavy atom. The van der Waals surface area contributed by atoms with E-state index in [1.165, 1.54) is 0 Å². The molecule has 3 aliphatic rings. The molecule has 0 bridgehead atoms. The zero-order valence-corrected chi connectivity index (χ0v) is 33.8. The van der Waals surface area contributed by atoms with Crippen molar-refractivity contribution in [2.75, 3.05) is 26.4 Å². The average molecular weight is 833 g/mol. The normalized spacial score (nSPS) is 18.3. The monoisotopic (exact) mass is 831 g/mol. The number of ether oxygens (including phenoxy) is 4. The second-order valence-corrected chi connectivity index (χ2v) is 16.1. The van der Waals surface area contributed by atoms with Gasteiger partial charge in [-0.3, -0.25) is 9.69 Å². The molecule has 5 aromatic rings. The maximum Gasteiger partial charge on any atom is 0.326 e. The van der Waals surface area contributed by atoms with Crippen LogP contribution >= 0.6 is 23.2 Å². The van der Waals surface area contributed by atoms with Crippen LogP contribution in [0.5, 0.6) is 17.2 Å². The van der Waals surface area contributed by atoms with E-state index in [1.807, 2.05) is 78.9 Å². The highest BCUT2D eigenvalue weighted by atomic mass is 35.5. The number of hydrogen-bond acceptors (Lipinski definition) is 8. The van der Waals surface area contributed by atoms with E-state index < -0.39 is 18.1 Å². The molecule has 12 heteroatoms. The zero-order valence-electron chi connectivity index (χ0n) is 32.2. The third-order valence-electron chi connectivity index (χ3n) is 11.3. The summed E-state index contributed by atoms with van der Waals surface area (Å²) in [5, 5.41) is 23.3. The molecule has 3 atom stereocenters. The van der Waals surface area contributed by atoms with E-state index >= 15 is 0 Å². The van der Waals surface area contributed by atoms with Crippen LogP contribution in [0, 0.1) is 17.2 Å². The minimum Gasteiger partial charge on any atom is -0.489 e. The summed E-state index contributed by atoms with van der Waals surface area (Å²) in [6.45, 7) is 3.22. The first-order valence-electron chi connectivity index (χ1n) is 19.8. The number of halogens is 2. The van der Waals surface area contributed by atoms with Crippen LogP contribution in [0.1, 0.15) is 52.3 Å². The first-order valence-corrected chi connectivity index (χ1v) is 20.5. The van der Waals surface area contributed by atoms with Crippen molar-refractivity contribution >= 4 is 35.1 Å². The van der Waals surface area contributed by atoms with Gasteiger partial charge < -0.3 is 29.4 Å². The van der Waals surface area contributed by atoms with E-state index in [4.69, 9.17) is 47.4 Å². The number of hydrogen-bond donors (Lipinski definition) is 2. The molecule has 1 saturated heterocycles. The van der Waals surface area contributed by atoms with Crippen molar-refractivity contribution in [2.45, 2.75) is 57.0 Å². The van der Waals surface area contributed by atoms with Crippen LogP contribution in [0.15, 0.2) is 103 Å². The molecule has 1 amide bonds. The maximum absolute atomic E-state index is 14.2. The summed E-state index contributed by atoms with van der Waals surface area (Å²) in [6, 6.07) is 32.5. The molecule has 5 aromatic carbocycles. The van der Waals surface area contributed by atoms with Crippen LogP contribution < -0.4 is 19.5 Å². The Morgan fingerprint density at radius 1 is 0.864 bits per heavy atom. The molecule has 302 valence electrons. The fraction of sp³-hybridized carbons (Fsp3) is 0.298. The Balaban J connectivity index is 0.946. The number of nitrogens with one attached hydrogen (secondary N) is 1. The van der Waals surface area contributed by atoms with Crippen LogP contribution in [0.2, 0.25) is 10.0 Å². The van der Waals surface area contributed by atoms with Crippen LogP contribution in [-0.2, 0) is 40.3 Å². The molecule has 0 aromatic heterocycles. The first kappa shape index (κ1) is 40.2. The molecule has 0 radical (unpaired) electrons. The molecule has 3 aliphatic heterocycles. The van der Waals surface area contributed by atoms with Crippen molar-refractivity contribution in [1.82, 2.24) is 10.2 Å². The summed E-state index contributed by atoms with van der Waals surface area (Å²) < 4.78 is 24.4. The fourth-order valence-corrected chi connectivity index (χ4v) is 8.25. The van der Waals surface area contributed by atoms with Gasteiger partial charge in [-0.2, -0.15) is 5.26 Å². The Hall–Kier alpha value is -5.57. The standard InChI is InChI=1S/C47H43Cl2N3O7/c48-39-14-5-32(19-40(39)49)27-57-38-12-10-35(11-13-38)45-28-58-43-22-36-21-42(52(25-31-15-17-56-18-16-31)26-37(36)23-44(43)59-45)46(53)51-41(47(54)55)20-29-1-6-33(7-2-29)34-8-3-30(24-50)4-9-34/h1-14,19,22-23,31,41-42,45H,15-18,20-21,25-28H2,(H,51,53)(H,54,55). The second-order valence-electron chi connectivity index (χ2n) is 15.3. The Morgan fingerprint density at radius 3 is 2.25 bits per heavy atom. The summed E-state index contributed by atoms with van der Waals surface area (Å²) in [5.74, 6) is 0.906. The second kappa shape index (κ2) is 18.1. The number of carbonyl (C=O) groups excluding carboxylic acids is 1. The van der Waals surface area contributed by atoms with Gasteiger partial charge >= 0.3 is 5.97 Å². The zero-order chi connectivity index (χ0) is 40.9. The lowest BCUT2D eigenvalue weighted by Crippen LogP contribution is -2.55. The van der Waals surface area contributed by atoms with Crippen molar-refractivity contribution in [1.29, 1.82) is 5.26 Å². The molecule has 3 heterocycles. The highest BCUT2D eigenvalue weighted by molar-refractivity contribution is 6.42. The SMILES string of the molecule is N#Cc1ccc(-c2ccc(CC(NC(=O)C3Cc4cc5c(cc4CN3CC3CCOCC3)OC(c3ccc(OCc4ccc(Cl)c(Cl)c4)cc3)CO5)C(=O)O)cc2)cc1. The highest BCUT2D eigenvalue weighted by Gasteiger charge is 2.37. The van der Waals surface area contributed by atoms with E-state index in [0.29, 0.717) is 84.7 Å².